The first-order valence-electron chi connectivity index (χ1n) is 5.04. The van der Waals surface area contributed by atoms with Crippen molar-refractivity contribution in [3.8, 4) is 0 Å². The van der Waals surface area contributed by atoms with Gasteiger partial charge in [-0.1, -0.05) is 54.1 Å². The predicted molar refractivity (Wildman–Crippen MR) is 63.7 cm³/mol. The molecule has 0 bridgehead atoms. The highest BCUT2D eigenvalue weighted by Gasteiger charge is 2.39. The highest BCUT2D eigenvalue weighted by Crippen LogP contribution is 2.36. The fourth-order valence-electron chi connectivity index (χ4n) is 1.77. The first kappa shape index (κ1) is 11.9. The Kier molecular flexibility index (Phi) is 2.79. The molecule has 2 nitrogen and oxygen atoms in total. The van der Waals surface area contributed by atoms with Crippen LogP contribution in [0.25, 0.3) is 0 Å². The topological polar surface area (TPSA) is 37.3 Å². The summed E-state index contributed by atoms with van der Waals surface area (Å²) in [4.78, 5) is 11.4. The number of rotatable bonds is 2. The Bertz CT molecular complexity index is 475. The normalized spacial score (nSPS) is 31.4. The fourth-order valence-corrected chi connectivity index (χ4v) is 1.89. The van der Waals surface area contributed by atoms with Crippen molar-refractivity contribution in [1.29, 1.82) is 0 Å². The zero-order valence-corrected chi connectivity index (χ0v) is 9.56. The third-order valence-corrected chi connectivity index (χ3v) is 2.99. The lowest BCUT2D eigenvalue weighted by atomic mass is 9.77. The molecule has 0 amide bonds. The molecule has 0 unspecified atom stereocenters. The molecule has 1 aliphatic rings. The van der Waals surface area contributed by atoms with Crippen LogP contribution >= 0.6 is 11.6 Å². The monoisotopic (exact) mass is 252 g/mol. The average Bonchev–Trinajstić information content (AvgIpc) is 2.30. The third kappa shape index (κ3) is 2.11. The van der Waals surface area contributed by atoms with E-state index in [1.54, 1.807) is 30.3 Å². The van der Waals surface area contributed by atoms with E-state index in [0.29, 0.717) is 5.56 Å². The lowest BCUT2D eigenvalue weighted by molar-refractivity contribution is -0.140. The number of carboxylic acid groups (broad SMARTS) is 1. The number of benzene rings is 1. The summed E-state index contributed by atoms with van der Waals surface area (Å²) in [7, 11) is 0. The molecule has 4 heteroatoms. The van der Waals surface area contributed by atoms with Crippen molar-refractivity contribution in [2.75, 3.05) is 0 Å². The van der Waals surface area contributed by atoms with Crippen LogP contribution < -0.4 is 0 Å². The van der Waals surface area contributed by atoms with E-state index < -0.39 is 16.5 Å². The van der Waals surface area contributed by atoms with Crippen LogP contribution in [0.4, 0.5) is 4.39 Å². The second kappa shape index (κ2) is 4.00. The molecule has 0 aromatic heterocycles. The SMILES string of the molecule is O=C(O)C1(c2ccccc2)C=CC(F)(Cl)C=C1. The Morgan fingerprint density at radius 2 is 1.65 bits per heavy atom. The summed E-state index contributed by atoms with van der Waals surface area (Å²) in [5.41, 5.74) is -0.779. The van der Waals surface area contributed by atoms with Crippen LogP contribution in [0.3, 0.4) is 0 Å². The summed E-state index contributed by atoms with van der Waals surface area (Å²) < 4.78 is 13.4. The van der Waals surface area contributed by atoms with Crippen LogP contribution in [-0.4, -0.2) is 16.2 Å². The first-order chi connectivity index (χ1) is 7.96. The second-order valence-corrected chi connectivity index (χ2v) is 4.46. The zero-order valence-electron chi connectivity index (χ0n) is 8.81. The van der Waals surface area contributed by atoms with E-state index in [4.69, 9.17) is 11.6 Å². The molecule has 1 aromatic rings. The summed E-state index contributed by atoms with van der Waals surface area (Å²) >= 11 is 5.46. The number of carboxylic acids is 1. The van der Waals surface area contributed by atoms with Gasteiger partial charge in [-0.2, -0.15) is 0 Å². The molecular weight excluding hydrogens is 243 g/mol. The molecule has 0 saturated carbocycles. The van der Waals surface area contributed by atoms with Crippen molar-refractivity contribution >= 4 is 17.6 Å². The zero-order chi connectivity index (χ0) is 12.5. The standard InChI is InChI=1S/C13H10ClFO2/c14-13(15)8-6-12(7-9-13,11(16)17)10-4-2-1-3-5-10/h1-9H,(H,16,17). The number of alkyl halides is 2. The molecule has 1 N–H and O–H groups in total. The van der Waals surface area contributed by atoms with E-state index in [0.717, 1.165) is 12.2 Å². The summed E-state index contributed by atoms with van der Waals surface area (Å²) in [6.45, 7) is 0. The molecule has 17 heavy (non-hydrogen) atoms. The fraction of sp³-hybridized carbons (Fsp3) is 0.154. The van der Waals surface area contributed by atoms with E-state index in [1.807, 2.05) is 0 Å². The predicted octanol–water partition coefficient (Wildman–Crippen LogP) is 3.04. The number of hydrogen-bond acceptors (Lipinski definition) is 1. The molecule has 1 aliphatic carbocycles. The van der Waals surface area contributed by atoms with Gasteiger partial charge in [0, 0.05) is 0 Å². The largest absolute Gasteiger partial charge is 0.480 e. The van der Waals surface area contributed by atoms with Crippen LogP contribution in [-0.2, 0) is 10.2 Å². The summed E-state index contributed by atoms with van der Waals surface area (Å²) in [5.74, 6) is -1.07. The Labute approximate surface area is 103 Å². The maximum Gasteiger partial charge on any atom is 0.321 e. The Morgan fingerprint density at radius 1 is 1.12 bits per heavy atom. The van der Waals surface area contributed by atoms with E-state index in [9.17, 15) is 14.3 Å². The van der Waals surface area contributed by atoms with E-state index in [-0.39, 0.29) is 0 Å². The van der Waals surface area contributed by atoms with Crippen LogP contribution in [0.5, 0.6) is 0 Å². The van der Waals surface area contributed by atoms with Crippen molar-refractivity contribution in [2.24, 2.45) is 0 Å². The average molecular weight is 253 g/mol. The maximum absolute atomic E-state index is 13.4. The van der Waals surface area contributed by atoms with Crippen molar-refractivity contribution < 1.29 is 14.3 Å². The van der Waals surface area contributed by atoms with Crippen molar-refractivity contribution in [3.05, 3.63) is 60.2 Å². The smallest absolute Gasteiger partial charge is 0.321 e. The lowest BCUT2D eigenvalue weighted by Gasteiger charge is -2.27. The Morgan fingerprint density at radius 3 is 2.12 bits per heavy atom. The molecule has 0 heterocycles. The minimum absolute atomic E-state index is 0.562. The third-order valence-electron chi connectivity index (χ3n) is 2.74. The minimum Gasteiger partial charge on any atom is -0.480 e. The van der Waals surface area contributed by atoms with Gasteiger partial charge in [0.15, 0.2) is 0 Å². The number of aliphatic carboxylic acids is 1. The van der Waals surface area contributed by atoms with E-state index in [2.05, 4.69) is 0 Å². The van der Waals surface area contributed by atoms with Gasteiger partial charge in [0.05, 0.1) is 0 Å². The van der Waals surface area contributed by atoms with Crippen LogP contribution in [0.2, 0.25) is 0 Å². The molecule has 0 aliphatic heterocycles. The van der Waals surface area contributed by atoms with Crippen LogP contribution in [0.1, 0.15) is 5.56 Å². The van der Waals surface area contributed by atoms with Gasteiger partial charge in [-0.25, -0.2) is 4.39 Å². The highest BCUT2D eigenvalue weighted by atomic mass is 35.5. The number of hydrogen-bond donors (Lipinski definition) is 1. The van der Waals surface area contributed by atoms with Crippen molar-refractivity contribution in [3.63, 3.8) is 0 Å². The maximum atomic E-state index is 13.4. The minimum atomic E-state index is -2.10. The summed E-state index contributed by atoms with van der Waals surface area (Å²) in [5, 5.41) is 7.24. The lowest BCUT2D eigenvalue weighted by Crippen LogP contribution is -2.34. The molecular formula is C13H10ClFO2. The van der Waals surface area contributed by atoms with Crippen LogP contribution in [0, 0.1) is 0 Å². The second-order valence-electron chi connectivity index (χ2n) is 3.88. The molecule has 0 spiro atoms. The van der Waals surface area contributed by atoms with Gasteiger partial charge in [0.2, 0.25) is 5.13 Å². The van der Waals surface area contributed by atoms with Gasteiger partial charge in [0.25, 0.3) is 0 Å². The van der Waals surface area contributed by atoms with Gasteiger partial charge in [-0.3, -0.25) is 4.79 Å². The molecule has 0 fully saturated rings. The molecule has 88 valence electrons. The first-order valence-corrected chi connectivity index (χ1v) is 5.42. The number of allylic oxidation sites excluding steroid dienone is 2. The van der Waals surface area contributed by atoms with E-state index >= 15 is 0 Å². The van der Waals surface area contributed by atoms with Gasteiger partial charge < -0.3 is 5.11 Å². The molecule has 0 saturated heterocycles. The highest BCUT2D eigenvalue weighted by molar-refractivity contribution is 6.25. The number of carbonyl (C=O) groups is 1. The van der Waals surface area contributed by atoms with Crippen LogP contribution in [0.15, 0.2) is 54.6 Å². The van der Waals surface area contributed by atoms with Gasteiger partial charge in [0.1, 0.15) is 5.41 Å². The molecule has 1 aromatic carbocycles. The van der Waals surface area contributed by atoms with Gasteiger partial charge >= 0.3 is 5.97 Å². The van der Waals surface area contributed by atoms with Crippen molar-refractivity contribution in [1.82, 2.24) is 0 Å². The summed E-state index contributed by atoms with van der Waals surface area (Å²) in [6, 6.07) is 8.63. The molecule has 0 atom stereocenters. The summed E-state index contributed by atoms with van der Waals surface area (Å²) in [6.07, 6.45) is 4.65. The molecule has 0 radical (unpaired) electrons. The number of halogens is 2. The van der Waals surface area contributed by atoms with Crippen molar-refractivity contribution in [2.45, 2.75) is 10.5 Å². The molecule has 2 rings (SSSR count). The Hall–Kier alpha value is -1.61. The van der Waals surface area contributed by atoms with E-state index in [1.165, 1.54) is 12.2 Å². The Balaban J connectivity index is 2.52. The van der Waals surface area contributed by atoms with Gasteiger partial charge in [-0.15, -0.1) is 0 Å². The van der Waals surface area contributed by atoms with Gasteiger partial charge in [-0.05, 0) is 17.7 Å². The quantitative estimate of drug-likeness (QED) is 0.649.